The molecule has 3 nitrogen and oxygen atoms in total. The van der Waals surface area contributed by atoms with Crippen molar-refractivity contribution in [2.75, 3.05) is 0 Å². The third kappa shape index (κ3) is 1.30. The van der Waals surface area contributed by atoms with Crippen LogP contribution in [-0.4, -0.2) is 9.78 Å². The third-order valence-corrected chi connectivity index (χ3v) is 1.59. The minimum Gasteiger partial charge on any atom is -0.325 e. The Morgan fingerprint density at radius 1 is 1.80 bits per heavy atom. The molecule has 0 radical (unpaired) electrons. The molecule has 10 heavy (non-hydrogen) atoms. The monoisotopic (exact) mass is 159 g/mol. The number of nitrogens with zero attached hydrogens (tertiary/aromatic N) is 2. The molecule has 4 heteroatoms. The molecule has 0 atom stereocenters. The molecule has 56 valence electrons. The molecule has 0 aromatic carbocycles. The van der Waals surface area contributed by atoms with Gasteiger partial charge in [0, 0.05) is 13.1 Å². The van der Waals surface area contributed by atoms with Crippen LogP contribution in [0.25, 0.3) is 0 Å². The topological polar surface area (TPSA) is 43.8 Å². The molecule has 0 amide bonds. The van der Waals surface area contributed by atoms with Crippen molar-refractivity contribution in [3.63, 3.8) is 0 Å². The van der Waals surface area contributed by atoms with Crippen molar-refractivity contribution in [3.05, 3.63) is 16.9 Å². The van der Waals surface area contributed by atoms with E-state index in [1.807, 2.05) is 6.92 Å². The lowest BCUT2D eigenvalue weighted by molar-refractivity contribution is 0.648. The Balaban J connectivity index is 2.92. The number of hydrogen-bond donors (Lipinski definition) is 1. The van der Waals surface area contributed by atoms with Gasteiger partial charge in [-0.15, -0.1) is 0 Å². The molecule has 2 N–H and O–H groups in total. The minimum atomic E-state index is 0.451. The molecule has 0 fully saturated rings. The predicted molar refractivity (Wildman–Crippen MR) is 40.8 cm³/mol. The molecule has 0 aliphatic heterocycles. The summed E-state index contributed by atoms with van der Waals surface area (Å²) in [6.07, 6.45) is 0. The van der Waals surface area contributed by atoms with Crippen molar-refractivity contribution in [3.8, 4) is 0 Å². The van der Waals surface area contributed by atoms with Crippen LogP contribution in [0.5, 0.6) is 0 Å². The Bertz CT molecular complexity index is 219. The molecular formula is C6H10ClN3. The van der Waals surface area contributed by atoms with E-state index < -0.39 is 0 Å². The second kappa shape index (κ2) is 3.03. The van der Waals surface area contributed by atoms with Crippen molar-refractivity contribution in [1.82, 2.24) is 9.78 Å². The highest BCUT2D eigenvalue weighted by molar-refractivity contribution is 6.29. The fourth-order valence-electron chi connectivity index (χ4n) is 0.765. The predicted octanol–water partition coefficient (Wildman–Crippen LogP) is 1.02. The molecule has 0 spiro atoms. The lowest BCUT2D eigenvalue weighted by Gasteiger charge is -1.93. The number of aryl methyl sites for hydroxylation is 1. The van der Waals surface area contributed by atoms with Crippen molar-refractivity contribution >= 4 is 11.6 Å². The van der Waals surface area contributed by atoms with E-state index >= 15 is 0 Å². The quantitative estimate of drug-likeness (QED) is 0.700. The van der Waals surface area contributed by atoms with Gasteiger partial charge >= 0.3 is 0 Å². The van der Waals surface area contributed by atoms with Crippen molar-refractivity contribution in [2.45, 2.75) is 20.0 Å². The fraction of sp³-hybridized carbons (Fsp3) is 0.500. The molecule has 1 heterocycles. The molecule has 1 rings (SSSR count). The normalized spacial score (nSPS) is 10.3. The first-order chi connectivity index (χ1) is 4.77. The Morgan fingerprint density at radius 2 is 2.50 bits per heavy atom. The summed E-state index contributed by atoms with van der Waals surface area (Å²) in [4.78, 5) is 0. The van der Waals surface area contributed by atoms with E-state index in [4.69, 9.17) is 17.3 Å². The van der Waals surface area contributed by atoms with Gasteiger partial charge in [0.15, 0.2) is 0 Å². The Morgan fingerprint density at radius 3 is 2.80 bits per heavy atom. The van der Waals surface area contributed by atoms with Crippen LogP contribution in [0.2, 0.25) is 5.15 Å². The summed E-state index contributed by atoms with van der Waals surface area (Å²) in [6, 6.07) is 1.78. The zero-order valence-electron chi connectivity index (χ0n) is 5.84. The fourth-order valence-corrected chi connectivity index (χ4v) is 1.05. The first-order valence-electron chi connectivity index (χ1n) is 3.20. The summed E-state index contributed by atoms with van der Waals surface area (Å²) in [6.45, 7) is 3.23. The zero-order valence-corrected chi connectivity index (χ0v) is 6.60. The highest BCUT2D eigenvalue weighted by Gasteiger charge is 2.00. The van der Waals surface area contributed by atoms with E-state index in [1.54, 1.807) is 10.7 Å². The highest BCUT2D eigenvalue weighted by Crippen LogP contribution is 2.09. The summed E-state index contributed by atoms with van der Waals surface area (Å²) in [5.74, 6) is 0. The van der Waals surface area contributed by atoms with Gasteiger partial charge in [-0.2, -0.15) is 5.10 Å². The Labute approximate surface area is 64.8 Å². The van der Waals surface area contributed by atoms with Crippen LogP contribution in [0, 0.1) is 0 Å². The van der Waals surface area contributed by atoms with E-state index in [-0.39, 0.29) is 0 Å². The maximum atomic E-state index is 5.77. The van der Waals surface area contributed by atoms with Crippen molar-refractivity contribution < 1.29 is 0 Å². The number of hydrogen-bond acceptors (Lipinski definition) is 2. The summed E-state index contributed by atoms with van der Waals surface area (Å²) < 4.78 is 1.71. The SMILES string of the molecule is CCn1nc(CN)cc1Cl. The largest absolute Gasteiger partial charge is 0.325 e. The van der Waals surface area contributed by atoms with Crippen molar-refractivity contribution in [2.24, 2.45) is 5.73 Å². The summed E-state index contributed by atoms with van der Waals surface area (Å²) in [5, 5.41) is 4.76. The van der Waals surface area contributed by atoms with Gasteiger partial charge in [-0.05, 0) is 13.0 Å². The third-order valence-electron chi connectivity index (χ3n) is 1.29. The average molecular weight is 160 g/mol. The molecule has 0 unspecified atom stereocenters. The van der Waals surface area contributed by atoms with Gasteiger partial charge in [0.25, 0.3) is 0 Å². The molecule has 1 aromatic rings. The first-order valence-corrected chi connectivity index (χ1v) is 3.58. The van der Waals surface area contributed by atoms with Gasteiger partial charge in [-0.25, -0.2) is 0 Å². The second-order valence-corrected chi connectivity index (χ2v) is 2.37. The molecule has 0 bridgehead atoms. The first kappa shape index (κ1) is 7.57. The summed E-state index contributed by atoms with van der Waals surface area (Å²) in [5.41, 5.74) is 6.19. The van der Waals surface area contributed by atoms with Crippen LogP contribution in [0.15, 0.2) is 6.07 Å². The van der Waals surface area contributed by atoms with Crippen LogP contribution >= 0.6 is 11.6 Å². The number of rotatable bonds is 2. The molecule has 1 aromatic heterocycles. The second-order valence-electron chi connectivity index (χ2n) is 1.98. The summed E-state index contributed by atoms with van der Waals surface area (Å²) >= 11 is 5.77. The number of nitrogens with two attached hydrogens (primary N) is 1. The van der Waals surface area contributed by atoms with E-state index in [0.29, 0.717) is 11.7 Å². The van der Waals surface area contributed by atoms with Crippen LogP contribution in [-0.2, 0) is 13.1 Å². The molecule has 0 aliphatic rings. The average Bonchev–Trinajstić information content (AvgIpc) is 2.30. The van der Waals surface area contributed by atoms with E-state index in [1.165, 1.54) is 0 Å². The van der Waals surface area contributed by atoms with E-state index in [9.17, 15) is 0 Å². The Kier molecular flexibility index (Phi) is 2.29. The standard InChI is InChI=1S/C6H10ClN3/c1-2-10-6(7)3-5(4-8)9-10/h3H,2,4,8H2,1H3. The minimum absolute atomic E-state index is 0.451. The van der Waals surface area contributed by atoms with Crippen molar-refractivity contribution in [1.29, 1.82) is 0 Å². The van der Waals surface area contributed by atoms with E-state index in [2.05, 4.69) is 5.10 Å². The van der Waals surface area contributed by atoms with Gasteiger partial charge in [0.05, 0.1) is 5.69 Å². The maximum Gasteiger partial charge on any atom is 0.127 e. The number of halogens is 1. The van der Waals surface area contributed by atoms with Crippen LogP contribution in [0.4, 0.5) is 0 Å². The molecular weight excluding hydrogens is 150 g/mol. The zero-order chi connectivity index (χ0) is 7.56. The van der Waals surface area contributed by atoms with E-state index in [0.717, 1.165) is 12.2 Å². The van der Waals surface area contributed by atoms with Gasteiger partial charge in [0.2, 0.25) is 0 Å². The maximum absolute atomic E-state index is 5.77. The Hall–Kier alpha value is -0.540. The molecule has 0 aliphatic carbocycles. The van der Waals surface area contributed by atoms with Gasteiger partial charge in [-0.3, -0.25) is 4.68 Å². The van der Waals surface area contributed by atoms with Gasteiger partial charge in [0.1, 0.15) is 5.15 Å². The van der Waals surface area contributed by atoms with Gasteiger partial charge in [-0.1, -0.05) is 11.6 Å². The molecule has 0 saturated heterocycles. The lowest BCUT2D eigenvalue weighted by atomic mass is 10.4. The van der Waals surface area contributed by atoms with Crippen LogP contribution in [0.1, 0.15) is 12.6 Å². The molecule has 0 saturated carbocycles. The lowest BCUT2D eigenvalue weighted by Crippen LogP contribution is -2.00. The summed E-state index contributed by atoms with van der Waals surface area (Å²) in [7, 11) is 0. The number of aromatic nitrogens is 2. The van der Waals surface area contributed by atoms with Crippen LogP contribution in [0.3, 0.4) is 0 Å². The smallest absolute Gasteiger partial charge is 0.127 e. The van der Waals surface area contributed by atoms with Gasteiger partial charge < -0.3 is 5.73 Å². The highest BCUT2D eigenvalue weighted by atomic mass is 35.5. The van der Waals surface area contributed by atoms with Crippen LogP contribution < -0.4 is 5.73 Å².